The molecule has 1 aliphatic rings. The van der Waals surface area contributed by atoms with Crippen LogP contribution in [0.15, 0.2) is 30.3 Å². The molecule has 0 radical (unpaired) electrons. The van der Waals surface area contributed by atoms with Crippen molar-refractivity contribution in [1.29, 1.82) is 0 Å². The lowest BCUT2D eigenvalue weighted by Crippen LogP contribution is -2.60. The van der Waals surface area contributed by atoms with E-state index in [1.807, 2.05) is 37.3 Å². The van der Waals surface area contributed by atoms with Crippen LogP contribution in [0.4, 0.5) is 0 Å². The van der Waals surface area contributed by atoms with E-state index in [0.29, 0.717) is 19.3 Å². The molecule has 7 N–H and O–H groups in total. The fourth-order valence-corrected chi connectivity index (χ4v) is 4.21. The van der Waals surface area contributed by atoms with Crippen LogP contribution in [0.25, 0.3) is 0 Å². The first-order chi connectivity index (χ1) is 17.3. The average molecular weight is 514 g/mol. The zero-order chi connectivity index (χ0) is 26.5. The molecule has 0 spiro atoms. The predicted octanol–water partition coefficient (Wildman–Crippen LogP) is 0.00280. The first-order valence-corrected chi connectivity index (χ1v) is 12.9. The minimum absolute atomic E-state index is 0.224. The Bertz CT molecular complexity index is 735. The molecule has 1 heterocycles. The number of amides is 1. The third kappa shape index (κ3) is 9.68. The highest BCUT2D eigenvalue weighted by atomic mass is 16.7. The van der Waals surface area contributed by atoms with Crippen molar-refractivity contribution in [3.63, 3.8) is 0 Å². The summed E-state index contributed by atoms with van der Waals surface area (Å²) < 4.78 is 10.9. The lowest BCUT2D eigenvalue weighted by atomic mass is 9.99. The second-order valence-electron chi connectivity index (χ2n) is 9.45. The van der Waals surface area contributed by atoms with Gasteiger partial charge in [0.25, 0.3) is 0 Å². The summed E-state index contributed by atoms with van der Waals surface area (Å²) in [5, 5.41) is 63.4. The SMILES string of the molecule is CCCCC[C@@H](O)[C@@H](O)[C@H](COC1OC(CO)C(O)C(O)C1O)NC(=O)CCCCc1ccccc1. The summed E-state index contributed by atoms with van der Waals surface area (Å²) in [6, 6.07) is 8.94. The number of nitrogens with one attached hydrogen (secondary N) is 1. The van der Waals surface area contributed by atoms with Crippen LogP contribution in [0.1, 0.15) is 57.4 Å². The molecule has 1 fully saturated rings. The monoisotopic (exact) mass is 513 g/mol. The maximum atomic E-state index is 12.6. The standard InChI is InChI=1S/C26H43NO9/c1-2-3-5-13-19(29)22(31)18(16-35-26-25(34)24(33)23(32)20(15-28)36-26)27-21(30)14-9-8-12-17-10-6-4-7-11-17/h4,6-7,10-11,18-20,22-26,28-29,31-34H,2-3,5,8-9,12-16H2,1H3,(H,27,30)/t18-,19+,20?,22-,23?,24?,25?,26?/m0/s1. The Balaban J connectivity index is 1.93. The smallest absolute Gasteiger partial charge is 0.220 e. The number of aliphatic hydroxyl groups excluding tert-OH is 6. The molecule has 206 valence electrons. The van der Waals surface area contributed by atoms with E-state index in [1.54, 1.807) is 0 Å². The van der Waals surface area contributed by atoms with Crippen LogP contribution in [0.5, 0.6) is 0 Å². The number of carbonyl (C=O) groups excluding carboxylic acids is 1. The molecule has 1 aromatic rings. The fraction of sp³-hybridized carbons (Fsp3) is 0.731. The van der Waals surface area contributed by atoms with Gasteiger partial charge in [-0.3, -0.25) is 4.79 Å². The Kier molecular flexibility index (Phi) is 13.8. The lowest BCUT2D eigenvalue weighted by molar-refractivity contribution is -0.303. The molecular formula is C26H43NO9. The number of hydrogen-bond acceptors (Lipinski definition) is 9. The minimum atomic E-state index is -1.61. The van der Waals surface area contributed by atoms with Crippen LogP contribution < -0.4 is 5.32 Å². The molecule has 10 nitrogen and oxygen atoms in total. The molecule has 0 aliphatic carbocycles. The number of aryl methyl sites for hydroxylation is 1. The Hall–Kier alpha value is -1.63. The van der Waals surface area contributed by atoms with Crippen LogP contribution >= 0.6 is 0 Å². The van der Waals surface area contributed by atoms with E-state index in [4.69, 9.17) is 9.47 Å². The molecule has 8 atom stereocenters. The number of hydrogen-bond donors (Lipinski definition) is 7. The molecule has 0 saturated carbocycles. The highest BCUT2D eigenvalue weighted by Crippen LogP contribution is 2.22. The summed E-state index contributed by atoms with van der Waals surface area (Å²) in [6.07, 6.45) is -4.31. The largest absolute Gasteiger partial charge is 0.394 e. The molecule has 10 heteroatoms. The van der Waals surface area contributed by atoms with Gasteiger partial charge >= 0.3 is 0 Å². The van der Waals surface area contributed by atoms with Crippen molar-refractivity contribution in [2.75, 3.05) is 13.2 Å². The first kappa shape index (κ1) is 30.6. The second kappa shape index (κ2) is 16.3. The maximum absolute atomic E-state index is 12.6. The van der Waals surface area contributed by atoms with Gasteiger partial charge in [0.15, 0.2) is 6.29 Å². The number of ether oxygens (including phenoxy) is 2. The van der Waals surface area contributed by atoms with E-state index >= 15 is 0 Å². The van der Waals surface area contributed by atoms with Gasteiger partial charge < -0.3 is 45.4 Å². The van der Waals surface area contributed by atoms with Crippen LogP contribution in [0, 0.1) is 0 Å². The lowest BCUT2D eigenvalue weighted by Gasteiger charge is -2.40. The van der Waals surface area contributed by atoms with Gasteiger partial charge in [0.1, 0.15) is 30.5 Å². The maximum Gasteiger partial charge on any atom is 0.220 e. The van der Waals surface area contributed by atoms with Crippen molar-refractivity contribution in [2.45, 2.75) is 107 Å². The molecule has 1 amide bonds. The highest BCUT2D eigenvalue weighted by molar-refractivity contribution is 5.76. The average Bonchev–Trinajstić information content (AvgIpc) is 2.88. The van der Waals surface area contributed by atoms with Gasteiger partial charge in [-0.05, 0) is 31.2 Å². The minimum Gasteiger partial charge on any atom is -0.394 e. The predicted molar refractivity (Wildman–Crippen MR) is 132 cm³/mol. The number of aliphatic hydroxyl groups is 6. The van der Waals surface area contributed by atoms with Gasteiger partial charge in [-0.25, -0.2) is 0 Å². The van der Waals surface area contributed by atoms with Crippen LogP contribution in [0.3, 0.4) is 0 Å². The van der Waals surface area contributed by atoms with Crippen LogP contribution in [-0.2, 0) is 20.7 Å². The van der Waals surface area contributed by atoms with Gasteiger partial charge in [-0.2, -0.15) is 0 Å². The number of carbonyl (C=O) groups is 1. The van der Waals surface area contributed by atoms with Crippen molar-refractivity contribution in [1.82, 2.24) is 5.32 Å². The van der Waals surface area contributed by atoms with Crippen LogP contribution in [0.2, 0.25) is 0 Å². The van der Waals surface area contributed by atoms with E-state index in [0.717, 1.165) is 25.7 Å². The molecule has 2 rings (SSSR count). The third-order valence-corrected chi connectivity index (χ3v) is 6.51. The Morgan fingerprint density at radius 3 is 2.42 bits per heavy atom. The Morgan fingerprint density at radius 2 is 1.75 bits per heavy atom. The van der Waals surface area contributed by atoms with Crippen molar-refractivity contribution in [3.05, 3.63) is 35.9 Å². The number of benzene rings is 1. The van der Waals surface area contributed by atoms with Crippen LogP contribution in [-0.4, -0.2) is 98.7 Å². The number of unbranched alkanes of at least 4 members (excludes halogenated alkanes) is 3. The molecule has 1 aliphatic heterocycles. The Labute approximate surface area is 212 Å². The van der Waals surface area contributed by atoms with E-state index in [9.17, 15) is 35.4 Å². The third-order valence-electron chi connectivity index (χ3n) is 6.51. The van der Waals surface area contributed by atoms with Gasteiger partial charge in [0.2, 0.25) is 5.91 Å². The Morgan fingerprint density at radius 1 is 1.03 bits per heavy atom. The molecule has 1 saturated heterocycles. The summed E-state index contributed by atoms with van der Waals surface area (Å²) in [6.45, 7) is 1.09. The zero-order valence-corrected chi connectivity index (χ0v) is 21.0. The topological polar surface area (TPSA) is 169 Å². The summed E-state index contributed by atoms with van der Waals surface area (Å²) >= 11 is 0. The van der Waals surface area contributed by atoms with Crippen molar-refractivity contribution in [2.24, 2.45) is 0 Å². The fourth-order valence-electron chi connectivity index (χ4n) is 4.21. The van der Waals surface area contributed by atoms with Crippen molar-refractivity contribution >= 4 is 5.91 Å². The quantitative estimate of drug-likeness (QED) is 0.150. The van der Waals surface area contributed by atoms with E-state index in [1.165, 1.54) is 5.56 Å². The van der Waals surface area contributed by atoms with Gasteiger partial charge in [0.05, 0.1) is 25.4 Å². The molecule has 0 bridgehead atoms. The van der Waals surface area contributed by atoms with E-state index in [-0.39, 0.29) is 18.9 Å². The second-order valence-corrected chi connectivity index (χ2v) is 9.45. The number of rotatable bonds is 16. The molecule has 36 heavy (non-hydrogen) atoms. The first-order valence-electron chi connectivity index (χ1n) is 12.9. The molecule has 0 aromatic heterocycles. The summed E-state index contributed by atoms with van der Waals surface area (Å²) in [5.74, 6) is -0.315. The van der Waals surface area contributed by atoms with E-state index < -0.39 is 55.6 Å². The van der Waals surface area contributed by atoms with Crippen molar-refractivity contribution < 1.29 is 44.9 Å². The van der Waals surface area contributed by atoms with Gasteiger partial charge in [0, 0.05) is 6.42 Å². The van der Waals surface area contributed by atoms with Crippen molar-refractivity contribution in [3.8, 4) is 0 Å². The van der Waals surface area contributed by atoms with Gasteiger partial charge in [-0.1, -0.05) is 56.5 Å². The zero-order valence-electron chi connectivity index (χ0n) is 21.0. The highest BCUT2D eigenvalue weighted by Gasteiger charge is 2.44. The molecule has 5 unspecified atom stereocenters. The molecular weight excluding hydrogens is 470 g/mol. The normalized spacial score (nSPS) is 26.8. The summed E-state index contributed by atoms with van der Waals surface area (Å²) in [7, 11) is 0. The van der Waals surface area contributed by atoms with E-state index in [2.05, 4.69) is 5.32 Å². The molecule has 1 aromatic carbocycles. The summed E-state index contributed by atoms with van der Waals surface area (Å²) in [5.41, 5.74) is 1.19. The summed E-state index contributed by atoms with van der Waals surface area (Å²) in [4.78, 5) is 12.6. The van der Waals surface area contributed by atoms with Gasteiger partial charge in [-0.15, -0.1) is 0 Å².